The van der Waals surface area contributed by atoms with Gasteiger partial charge in [0.1, 0.15) is 0 Å². The maximum Gasteiger partial charge on any atom is 0.0966 e. The third-order valence-corrected chi connectivity index (χ3v) is 2.68. The molecule has 0 saturated heterocycles. The van der Waals surface area contributed by atoms with Gasteiger partial charge in [-0.1, -0.05) is 0 Å². The molecule has 12 heavy (non-hydrogen) atoms. The lowest BCUT2D eigenvalue weighted by Crippen LogP contribution is -2.20. The molecule has 64 valence electrons. The van der Waals surface area contributed by atoms with Crippen LogP contribution in [0.25, 0.3) is 0 Å². The highest BCUT2D eigenvalue weighted by atomic mass is 32.1. The van der Waals surface area contributed by atoms with Crippen molar-refractivity contribution in [2.45, 2.75) is 19.4 Å². The number of amidine groups is 1. The molecule has 3 heteroatoms. The average molecular weight is 180 g/mol. The zero-order valence-corrected chi connectivity index (χ0v) is 7.73. The number of thiophene rings is 1. The second kappa shape index (κ2) is 3.72. The van der Waals surface area contributed by atoms with Gasteiger partial charge in [0.25, 0.3) is 0 Å². The molecule has 1 N–H and O–H groups in total. The molecule has 1 aromatic rings. The fraction of sp³-hybridized carbons (Fsp3) is 0.444. The smallest absolute Gasteiger partial charge is 0.0966 e. The van der Waals surface area contributed by atoms with E-state index in [9.17, 15) is 0 Å². The maximum atomic E-state index is 4.34. The van der Waals surface area contributed by atoms with Crippen LogP contribution in [-0.4, -0.2) is 12.4 Å². The minimum Gasteiger partial charge on any atom is -0.370 e. The van der Waals surface area contributed by atoms with Crippen molar-refractivity contribution in [3.05, 3.63) is 22.4 Å². The molecule has 0 atom stereocenters. The quantitative estimate of drug-likeness (QED) is 0.740. The second-order valence-corrected chi connectivity index (χ2v) is 3.70. The van der Waals surface area contributed by atoms with Gasteiger partial charge in [-0.2, -0.15) is 11.3 Å². The van der Waals surface area contributed by atoms with E-state index in [1.165, 1.54) is 17.8 Å². The summed E-state index contributed by atoms with van der Waals surface area (Å²) in [5, 5.41) is 7.61. The van der Waals surface area contributed by atoms with E-state index < -0.39 is 0 Å². The van der Waals surface area contributed by atoms with Crippen molar-refractivity contribution < 1.29 is 0 Å². The molecule has 2 heterocycles. The number of nitrogens with one attached hydrogen (secondary N) is 1. The first kappa shape index (κ1) is 7.80. The third-order valence-electron chi connectivity index (χ3n) is 1.95. The van der Waals surface area contributed by atoms with Crippen LogP contribution in [-0.2, 0) is 6.54 Å². The SMILES string of the molecule is c1cc(CNC2=NCCC2)cs1. The number of nitrogens with zero attached hydrogens (tertiary/aromatic N) is 1. The van der Waals surface area contributed by atoms with Gasteiger partial charge in [0, 0.05) is 19.5 Å². The maximum absolute atomic E-state index is 4.34. The predicted octanol–water partition coefficient (Wildman–Crippen LogP) is 2.03. The average Bonchev–Trinajstić information content (AvgIpc) is 2.74. The van der Waals surface area contributed by atoms with Crippen molar-refractivity contribution in [2.24, 2.45) is 4.99 Å². The molecule has 1 aliphatic heterocycles. The molecule has 0 saturated carbocycles. The number of aliphatic imine (C=N–C) groups is 1. The van der Waals surface area contributed by atoms with Crippen LogP contribution in [0.2, 0.25) is 0 Å². The predicted molar refractivity (Wildman–Crippen MR) is 52.7 cm³/mol. The van der Waals surface area contributed by atoms with Gasteiger partial charge in [-0.05, 0) is 28.8 Å². The van der Waals surface area contributed by atoms with Gasteiger partial charge in [-0.3, -0.25) is 4.99 Å². The first-order valence-electron chi connectivity index (χ1n) is 4.23. The summed E-state index contributed by atoms with van der Waals surface area (Å²) in [5.41, 5.74) is 1.36. The Morgan fingerprint density at radius 3 is 3.25 bits per heavy atom. The van der Waals surface area contributed by atoms with Gasteiger partial charge in [-0.25, -0.2) is 0 Å². The molecular weight excluding hydrogens is 168 g/mol. The van der Waals surface area contributed by atoms with Gasteiger partial charge >= 0.3 is 0 Å². The van der Waals surface area contributed by atoms with Gasteiger partial charge in [0.2, 0.25) is 0 Å². The second-order valence-electron chi connectivity index (χ2n) is 2.92. The molecule has 0 spiro atoms. The number of hydrogen-bond acceptors (Lipinski definition) is 3. The summed E-state index contributed by atoms with van der Waals surface area (Å²) in [5.74, 6) is 1.18. The van der Waals surface area contributed by atoms with Gasteiger partial charge in [-0.15, -0.1) is 0 Å². The van der Waals surface area contributed by atoms with Crippen molar-refractivity contribution in [3.63, 3.8) is 0 Å². The lowest BCUT2D eigenvalue weighted by Gasteiger charge is -2.02. The summed E-state index contributed by atoms with van der Waals surface area (Å²) in [6.45, 7) is 1.94. The Labute approximate surface area is 76.3 Å². The van der Waals surface area contributed by atoms with Crippen LogP contribution in [0.15, 0.2) is 21.8 Å². The Hall–Kier alpha value is -0.830. The summed E-state index contributed by atoms with van der Waals surface area (Å²) in [6.07, 6.45) is 2.34. The van der Waals surface area contributed by atoms with Crippen LogP contribution in [0.5, 0.6) is 0 Å². The highest BCUT2D eigenvalue weighted by molar-refractivity contribution is 7.07. The van der Waals surface area contributed by atoms with Crippen LogP contribution < -0.4 is 5.32 Å². The lowest BCUT2D eigenvalue weighted by atomic mass is 10.3. The minimum atomic E-state index is 0.933. The van der Waals surface area contributed by atoms with E-state index in [4.69, 9.17) is 0 Å². The Morgan fingerprint density at radius 2 is 2.58 bits per heavy atom. The number of hydrogen-bond donors (Lipinski definition) is 1. The van der Waals surface area contributed by atoms with Gasteiger partial charge in [0.15, 0.2) is 0 Å². The summed E-state index contributed by atoms with van der Waals surface area (Å²) >= 11 is 1.74. The topological polar surface area (TPSA) is 24.4 Å². The molecule has 0 amide bonds. The molecule has 0 fully saturated rings. The molecule has 0 unspecified atom stereocenters. The highest BCUT2D eigenvalue weighted by Crippen LogP contribution is 2.06. The van der Waals surface area contributed by atoms with Gasteiger partial charge < -0.3 is 5.32 Å². The first-order valence-corrected chi connectivity index (χ1v) is 5.18. The molecule has 0 bridgehead atoms. The fourth-order valence-electron chi connectivity index (χ4n) is 1.28. The van der Waals surface area contributed by atoms with E-state index in [1.54, 1.807) is 11.3 Å². The van der Waals surface area contributed by atoms with Gasteiger partial charge in [0.05, 0.1) is 5.84 Å². The number of rotatable bonds is 2. The third kappa shape index (κ3) is 1.85. The molecule has 0 aliphatic carbocycles. The molecule has 1 aromatic heterocycles. The molecule has 1 aliphatic rings. The van der Waals surface area contributed by atoms with Crippen LogP contribution in [0.1, 0.15) is 18.4 Å². The minimum absolute atomic E-state index is 0.933. The standard InChI is InChI=1S/C9H12N2S/c1-2-9(10-4-1)11-6-8-3-5-12-7-8/h3,5,7H,1-2,4,6H2,(H,10,11). The van der Waals surface area contributed by atoms with Crippen molar-refractivity contribution in [1.82, 2.24) is 5.32 Å². The first-order chi connectivity index (χ1) is 5.95. The zero-order valence-electron chi connectivity index (χ0n) is 6.92. The molecule has 2 rings (SSSR count). The van der Waals surface area contributed by atoms with Crippen LogP contribution >= 0.6 is 11.3 Å². The summed E-state index contributed by atoms with van der Waals surface area (Å²) in [7, 11) is 0. The fourth-order valence-corrected chi connectivity index (χ4v) is 1.95. The summed E-state index contributed by atoms with van der Waals surface area (Å²) < 4.78 is 0. The van der Waals surface area contributed by atoms with E-state index >= 15 is 0 Å². The van der Waals surface area contributed by atoms with E-state index in [0.29, 0.717) is 0 Å². The zero-order chi connectivity index (χ0) is 8.23. The van der Waals surface area contributed by atoms with Crippen molar-refractivity contribution in [3.8, 4) is 0 Å². The van der Waals surface area contributed by atoms with E-state index in [-0.39, 0.29) is 0 Å². The van der Waals surface area contributed by atoms with E-state index in [0.717, 1.165) is 19.5 Å². The Kier molecular flexibility index (Phi) is 2.42. The van der Waals surface area contributed by atoms with Crippen LogP contribution in [0, 0.1) is 0 Å². The van der Waals surface area contributed by atoms with Crippen LogP contribution in [0.4, 0.5) is 0 Å². The Bertz CT molecular complexity index is 264. The normalized spacial score (nSPS) is 16.2. The largest absolute Gasteiger partial charge is 0.370 e. The molecule has 0 aromatic carbocycles. The monoisotopic (exact) mass is 180 g/mol. The Balaban J connectivity index is 1.82. The molecular formula is C9H12N2S. The van der Waals surface area contributed by atoms with E-state index in [1.807, 2.05) is 0 Å². The molecule has 2 nitrogen and oxygen atoms in total. The molecule has 0 radical (unpaired) electrons. The van der Waals surface area contributed by atoms with Crippen LogP contribution in [0.3, 0.4) is 0 Å². The highest BCUT2D eigenvalue weighted by Gasteiger charge is 2.04. The van der Waals surface area contributed by atoms with Crippen molar-refractivity contribution in [2.75, 3.05) is 6.54 Å². The Morgan fingerprint density at radius 1 is 1.58 bits per heavy atom. The summed E-state index contributed by atoms with van der Waals surface area (Å²) in [6, 6.07) is 2.15. The summed E-state index contributed by atoms with van der Waals surface area (Å²) in [4.78, 5) is 4.34. The lowest BCUT2D eigenvalue weighted by molar-refractivity contribution is 0.892. The van der Waals surface area contributed by atoms with E-state index in [2.05, 4.69) is 27.1 Å². The van der Waals surface area contributed by atoms with Crippen molar-refractivity contribution in [1.29, 1.82) is 0 Å². The van der Waals surface area contributed by atoms with Crippen molar-refractivity contribution >= 4 is 17.2 Å².